The zero-order valence-corrected chi connectivity index (χ0v) is 13.6. The van der Waals surface area contributed by atoms with Crippen molar-refractivity contribution in [3.8, 4) is 0 Å². The molecule has 1 saturated heterocycles. The zero-order chi connectivity index (χ0) is 15.7. The lowest BCUT2D eigenvalue weighted by atomic mass is 9.88. The lowest BCUT2D eigenvalue weighted by Gasteiger charge is -2.32. The number of hydrogen-bond acceptors (Lipinski definition) is 4. The van der Waals surface area contributed by atoms with E-state index in [4.69, 9.17) is 15.0 Å². The highest BCUT2D eigenvalue weighted by molar-refractivity contribution is 6.52. The second kappa shape index (κ2) is 5.91. The number of hydrogen-bond donors (Lipinski definition) is 1. The molecule has 2 rings (SSSR count). The van der Waals surface area contributed by atoms with Crippen molar-refractivity contribution in [1.82, 2.24) is 4.98 Å². The highest BCUT2D eigenvalue weighted by Crippen LogP contribution is 2.37. The molecule has 0 aromatic carbocycles. The molecule has 0 radical (unpaired) electrons. The number of nitrogens with two attached hydrogens (primary N) is 1. The fraction of sp³-hybridized carbons (Fsp3) is 0.562. The smallest absolute Gasteiger partial charge is 0.400 e. The molecule has 0 amide bonds. The number of rotatable bonds is 4. The molecule has 0 saturated carbocycles. The Morgan fingerprint density at radius 2 is 1.90 bits per heavy atom. The first-order chi connectivity index (χ1) is 9.77. The van der Waals surface area contributed by atoms with Gasteiger partial charge >= 0.3 is 7.12 Å². The Hall–Kier alpha value is -1.17. The van der Waals surface area contributed by atoms with E-state index >= 15 is 0 Å². The molecule has 1 atom stereocenters. The predicted octanol–water partition coefficient (Wildman–Crippen LogP) is 3.14. The topological polar surface area (TPSA) is 57.4 Å². The summed E-state index contributed by atoms with van der Waals surface area (Å²) in [5.41, 5.74) is 7.39. The van der Waals surface area contributed by atoms with Crippen LogP contribution in [0.4, 0.5) is 0 Å². The van der Waals surface area contributed by atoms with Crippen LogP contribution in [-0.4, -0.2) is 23.3 Å². The Labute approximate surface area is 127 Å². The van der Waals surface area contributed by atoms with E-state index in [9.17, 15) is 0 Å². The van der Waals surface area contributed by atoms with E-state index in [-0.39, 0.29) is 24.4 Å². The minimum atomic E-state index is -0.346. The van der Waals surface area contributed by atoms with Gasteiger partial charge in [-0.05, 0) is 45.7 Å². The van der Waals surface area contributed by atoms with Crippen molar-refractivity contribution in [2.24, 2.45) is 5.73 Å². The molecule has 21 heavy (non-hydrogen) atoms. The molecule has 1 aliphatic rings. The molecule has 5 heteroatoms. The third kappa shape index (κ3) is 3.36. The number of pyridine rings is 1. The summed E-state index contributed by atoms with van der Waals surface area (Å²) in [6.07, 6.45) is 4.62. The summed E-state index contributed by atoms with van der Waals surface area (Å²) in [6.45, 7) is 10.2. The maximum Gasteiger partial charge on any atom is 0.487 e. The summed E-state index contributed by atoms with van der Waals surface area (Å²) in [5.74, 6) is 1.93. The Kier molecular flexibility index (Phi) is 4.56. The van der Waals surface area contributed by atoms with Gasteiger partial charge in [-0.25, -0.2) is 0 Å². The number of nitrogens with zero attached hydrogens (tertiary/aromatic N) is 1. The van der Waals surface area contributed by atoms with Crippen LogP contribution in [0.2, 0.25) is 0 Å². The lowest BCUT2D eigenvalue weighted by Crippen LogP contribution is -2.41. The predicted molar refractivity (Wildman–Crippen MR) is 86.6 cm³/mol. The molecule has 1 aromatic heterocycles. The third-order valence-electron chi connectivity index (χ3n) is 4.37. The van der Waals surface area contributed by atoms with Gasteiger partial charge in [0.05, 0.1) is 16.9 Å². The van der Waals surface area contributed by atoms with Crippen molar-refractivity contribution < 1.29 is 9.31 Å². The molecule has 0 unspecified atom stereocenters. The van der Waals surface area contributed by atoms with Crippen molar-refractivity contribution in [3.05, 3.63) is 35.6 Å². The average molecular weight is 288 g/mol. The molecule has 0 spiro atoms. The zero-order valence-electron chi connectivity index (χ0n) is 13.6. The standard InChI is InChI=1S/C16H25BN2O2/c1-6-13(18)14-12(8-7-11-19-14)9-10-17-20-15(2,3)16(4,5)21-17/h7-11,13H,6,18H2,1-5H3/b10-9+/t13-/m0/s1. The largest absolute Gasteiger partial charge is 0.487 e. The lowest BCUT2D eigenvalue weighted by molar-refractivity contribution is 0.00578. The number of aromatic nitrogens is 1. The van der Waals surface area contributed by atoms with Gasteiger partial charge < -0.3 is 15.0 Å². The Morgan fingerprint density at radius 3 is 2.48 bits per heavy atom. The van der Waals surface area contributed by atoms with Crippen molar-refractivity contribution >= 4 is 13.2 Å². The SMILES string of the molecule is CC[C@H](N)c1ncccc1/C=C/B1OC(C)(C)C(C)(C)O1. The molecule has 1 fully saturated rings. The minimum Gasteiger partial charge on any atom is -0.400 e. The molecular formula is C16H25BN2O2. The van der Waals surface area contributed by atoms with Gasteiger partial charge in [0.1, 0.15) is 0 Å². The van der Waals surface area contributed by atoms with Gasteiger partial charge in [-0.1, -0.05) is 25.0 Å². The summed E-state index contributed by atoms with van der Waals surface area (Å²) in [4.78, 5) is 4.39. The fourth-order valence-corrected chi connectivity index (χ4v) is 2.22. The fourth-order valence-electron chi connectivity index (χ4n) is 2.22. The van der Waals surface area contributed by atoms with Gasteiger partial charge in [-0.15, -0.1) is 0 Å². The van der Waals surface area contributed by atoms with E-state index < -0.39 is 0 Å². The van der Waals surface area contributed by atoms with Crippen molar-refractivity contribution in [3.63, 3.8) is 0 Å². The second-order valence-corrected chi connectivity index (χ2v) is 6.48. The first kappa shape index (κ1) is 16.2. The Bertz CT molecular complexity index is 513. The highest BCUT2D eigenvalue weighted by atomic mass is 16.7. The molecule has 2 heterocycles. The van der Waals surface area contributed by atoms with Crippen LogP contribution < -0.4 is 5.73 Å². The van der Waals surface area contributed by atoms with Crippen LogP contribution in [0.25, 0.3) is 6.08 Å². The summed E-state index contributed by atoms with van der Waals surface area (Å²) in [7, 11) is -0.346. The first-order valence-electron chi connectivity index (χ1n) is 7.51. The summed E-state index contributed by atoms with van der Waals surface area (Å²) >= 11 is 0. The van der Waals surface area contributed by atoms with E-state index in [1.165, 1.54) is 0 Å². The van der Waals surface area contributed by atoms with E-state index in [1.54, 1.807) is 6.20 Å². The van der Waals surface area contributed by atoms with E-state index in [0.717, 1.165) is 17.7 Å². The Balaban J connectivity index is 2.17. The maximum atomic E-state index is 6.11. The van der Waals surface area contributed by atoms with Crippen LogP contribution in [0.15, 0.2) is 24.3 Å². The van der Waals surface area contributed by atoms with Gasteiger partial charge in [0.25, 0.3) is 0 Å². The first-order valence-corrected chi connectivity index (χ1v) is 7.51. The molecule has 0 aliphatic carbocycles. The van der Waals surface area contributed by atoms with Crippen molar-refractivity contribution in [2.45, 2.75) is 58.3 Å². The quantitative estimate of drug-likeness (QED) is 0.865. The third-order valence-corrected chi connectivity index (χ3v) is 4.37. The summed E-state index contributed by atoms with van der Waals surface area (Å²) < 4.78 is 11.9. The van der Waals surface area contributed by atoms with Crippen LogP contribution in [0.5, 0.6) is 0 Å². The van der Waals surface area contributed by atoms with Gasteiger partial charge in [-0.3, -0.25) is 4.98 Å². The monoisotopic (exact) mass is 288 g/mol. The van der Waals surface area contributed by atoms with Crippen molar-refractivity contribution in [2.75, 3.05) is 0 Å². The van der Waals surface area contributed by atoms with Crippen LogP contribution >= 0.6 is 0 Å². The van der Waals surface area contributed by atoms with Crippen LogP contribution in [0.1, 0.15) is 58.3 Å². The van der Waals surface area contributed by atoms with Gasteiger partial charge in [0.15, 0.2) is 0 Å². The maximum absolute atomic E-state index is 6.11. The van der Waals surface area contributed by atoms with E-state index in [0.29, 0.717) is 0 Å². The highest BCUT2D eigenvalue weighted by Gasteiger charge is 2.50. The van der Waals surface area contributed by atoms with Gasteiger partial charge in [0.2, 0.25) is 0 Å². The molecule has 1 aromatic rings. The van der Waals surface area contributed by atoms with Crippen LogP contribution in [0, 0.1) is 0 Å². The normalized spacial score (nSPS) is 21.9. The van der Waals surface area contributed by atoms with E-state index in [2.05, 4.69) is 11.9 Å². The van der Waals surface area contributed by atoms with Gasteiger partial charge in [0, 0.05) is 12.2 Å². The van der Waals surface area contributed by atoms with E-state index in [1.807, 2.05) is 51.9 Å². The minimum absolute atomic E-state index is 0.0517. The summed E-state index contributed by atoms with van der Waals surface area (Å²) in [6, 6.07) is 3.87. The van der Waals surface area contributed by atoms with Crippen molar-refractivity contribution in [1.29, 1.82) is 0 Å². The average Bonchev–Trinajstić information content (AvgIpc) is 2.64. The molecule has 4 nitrogen and oxygen atoms in total. The molecule has 2 N–H and O–H groups in total. The summed E-state index contributed by atoms with van der Waals surface area (Å²) in [5, 5.41) is 0. The second-order valence-electron chi connectivity index (χ2n) is 6.48. The molecule has 1 aliphatic heterocycles. The molecular weight excluding hydrogens is 263 g/mol. The molecule has 114 valence electrons. The molecule has 0 bridgehead atoms. The van der Waals surface area contributed by atoms with Gasteiger partial charge in [-0.2, -0.15) is 0 Å². The van der Waals surface area contributed by atoms with Crippen LogP contribution in [-0.2, 0) is 9.31 Å². The Morgan fingerprint density at radius 1 is 1.29 bits per heavy atom. The van der Waals surface area contributed by atoms with Crippen LogP contribution in [0.3, 0.4) is 0 Å².